The van der Waals surface area contributed by atoms with E-state index in [0.29, 0.717) is 0 Å². The highest BCUT2D eigenvalue weighted by Gasteiger charge is 2.02. The Morgan fingerprint density at radius 2 is 2.12 bits per heavy atom. The van der Waals surface area contributed by atoms with E-state index in [-0.39, 0.29) is 0 Å². The van der Waals surface area contributed by atoms with Crippen LogP contribution in [0.4, 0.5) is 5.69 Å². The maximum absolute atomic E-state index is 4.40. The third-order valence-corrected chi connectivity index (χ3v) is 3.56. The molecule has 0 radical (unpaired) electrons. The van der Waals surface area contributed by atoms with E-state index < -0.39 is 0 Å². The Morgan fingerprint density at radius 3 is 2.75 bits per heavy atom. The second-order valence-electron chi connectivity index (χ2n) is 3.50. The SMILES string of the molecule is Cc1csc(CNc2ccc(Br)nc2C)n1. The zero-order valence-electron chi connectivity index (χ0n) is 9.12. The number of rotatable bonds is 3. The molecule has 0 saturated carbocycles. The summed E-state index contributed by atoms with van der Waals surface area (Å²) in [6, 6.07) is 3.95. The lowest BCUT2D eigenvalue weighted by molar-refractivity contribution is 1.06. The van der Waals surface area contributed by atoms with Crippen molar-refractivity contribution in [2.75, 3.05) is 5.32 Å². The first-order valence-corrected chi connectivity index (χ1v) is 6.60. The van der Waals surface area contributed by atoms with Crippen molar-refractivity contribution in [2.45, 2.75) is 20.4 Å². The molecule has 0 atom stereocenters. The fourth-order valence-corrected chi connectivity index (χ4v) is 2.48. The topological polar surface area (TPSA) is 37.8 Å². The van der Waals surface area contributed by atoms with Crippen molar-refractivity contribution in [1.82, 2.24) is 9.97 Å². The molecule has 2 aromatic heterocycles. The van der Waals surface area contributed by atoms with E-state index in [4.69, 9.17) is 0 Å². The molecule has 0 aliphatic carbocycles. The number of nitrogens with one attached hydrogen (secondary N) is 1. The summed E-state index contributed by atoms with van der Waals surface area (Å²) < 4.78 is 0.862. The van der Waals surface area contributed by atoms with Crippen LogP contribution in [-0.4, -0.2) is 9.97 Å². The number of hydrogen-bond donors (Lipinski definition) is 1. The van der Waals surface area contributed by atoms with Gasteiger partial charge < -0.3 is 5.32 Å². The third kappa shape index (κ3) is 2.80. The molecule has 2 rings (SSSR count). The first kappa shape index (κ1) is 11.5. The van der Waals surface area contributed by atoms with Gasteiger partial charge in [0.25, 0.3) is 0 Å². The van der Waals surface area contributed by atoms with Crippen LogP contribution in [-0.2, 0) is 6.54 Å². The highest BCUT2D eigenvalue weighted by atomic mass is 79.9. The molecule has 2 heterocycles. The van der Waals surface area contributed by atoms with Gasteiger partial charge in [-0.15, -0.1) is 11.3 Å². The van der Waals surface area contributed by atoms with E-state index in [1.54, 1.807) is 11.3 Å². The quantitative estimate of drug-likeness (QED) is 0.881. The summed E-state index contributed by atoms with van der Waals surface area (Å²) in [5.74, 6) is 0. The molecule has 5 heteroatoms. The first-order valence-electron chi connectivity index (χ1n) is 4.93. The minimum atomic E-state index is 0.753. The smallest absolute Gasteiger partial charge is 0.112 e. The molecule has 0 saturated heterocycles. The summed E-state index contributed by atoms with van der Waals surface area (Å²) in [6.45, 7) is 4.75. The zero-order valence-corrected chi connectivity index (χ0v) is 11.5. The Balaban J connectivity index is 2.04. The Hall–Kier alpha value is -0.940. The Morgan fingerprint density at radius 1 is 1.31 bits per heavy atom. The van der Waals surface area contributed by atoms with Crippen LogP contribution in [0.5, 0.6) is 0 Å². The molecule has 0 spiro atoms. The van der Waals surface area contributed by atoms with Crippen molar-refractivity contribution in [3.63, 3.8) is 0 Å². The van der Waals surface area contributed by atoms with Gasteiger partial charge in [-0.25, -0.2) is 9.97 Å². The second kappa shape index (κ2) is 4.93. The van der Waals surface area contributed by atoms with E-state index >= 15 is 0 Å². The van der Waals surface area contributed by atoms with Gasteiger partial charge in [-0.2, -0.15) is 0 Å². The number of halogens is 1. The predicted molar refractivity (Wildman–Crippen MR) is 70.9 cm³/mol. The number of nitrogens with zero attached hydrogens (tertiary/aromatic N) is 2. The van der Waals surface area contributed by atoms with Crippen LogP contribution in [0.1, 0.15) is 16.4 Å². The molecule has 0 aliphatic heterocycles. The largest absolute Gasteiger partial charge is 0.377 e. The van der Waals surface area contributed by atoms with Gasteiger partial charge in [0.2, 0.25) is 0 Å². The highest BCUT2D eigenvalue weighted by Crippen LogP contribution is 2.17. The fourth-order valence-electron chi connectivity index (χ4n) is 1.37. The van der Waals surface area contributed by atoms with Gasteiger partial charge >= 0.3 is 0 Å². The molecular formula is C11H12BrN3S. The lowest BCUT2D eigenvalue weighted by Gasteiger charge is -2.07. The van der Waals surface area contributed by atoms with Crippen LogP contribution in [0.2, 0.25) is 0 Å². The fraction of sp³-hybridized carbons (Fsp3) is 0.273. The third-order valence-electron chi connectivity index (χ3n) is 2.15. The predicted octanol–water partition coefficient (Wildman–Crippen LogP) is 3.53. The van der Waals surface area contributed by atoms with E-state index in [2.05, 4.69) is 36.6 Å². The Bertz CT molecular complexity index is 496. The van der Waals surface area contributed by atoms with Crippen LogP contribution in [0.25, 0.3) is 0 Å². The van der Waals surface area contributed by atoms with Gasteiger partial charge in [0.15, 0.2) is 0 Å². The van der Waals surface area contributed by atoms with Crippen LogP contribution >= 0.6 is 27.3 Å². The lowest BCUT2D eigenvalue weighted by Crippen LogP contribution is -2.01. The lowest BCUT2D eigenvalue weighted by atomic mass is 10.3. The van der Waals surface area contributed by atoms with Crippen LogP contribution < -0.4 is 5.32 Å². The normalized spacial score (nSPS) is 10.4. The number of thiazole rings is 1. The minimum Gasteiger partial charge on any atom is -0.377 e. The van der Waals surface area contributed by atoms with Crippen molar-refractivity contribution in [2.24, 2.45) is 0 Å². The molecule has 84 valence electrons. The molecule has 0 aromatic carbocycles. The van der Waals surface area contributed by atoms with E-state index in [1.165, 1.54) is 0 Å². The van der Waals surface area contributed by atoms with Crippen molar-refractivity contribution >= 4 is 33.0 Å². The van der Waals surface area contributed by atoms with Gasteiger partial charge in [-0.1, -0.05) is 0 Å². The van der Waals surface area contributed by atoms with Crippen LogP contribution in [0.15, 0.2) is 22.1 Å². The zero-order chi connectivity index (χ0) is 11.5. The second-order valence-corrected chi connectivity index (χ2v) is 5.26. The molecule has 0 unspecified atom stereocenters. The molecule has 3 nitrogen and oxygen atoms in total. The van der Waals surface area contributed by atoms with E-state index in [0.717, 1.165) is 33.2 Å². The van der Waals surface area contributed by atoms with Crippen molar-refractivity contribution < 1.29 is 0 Å². The molecule has 1 N–H and O–H groups in total. The number of anilines is 1. The maximum Gasteiger partial charge on any atom is 0.112 e. The van der Waals surface area contributed by atoms with Crippen LogP contribution in [0, 0.1) is 13.8 Å². The molecule has 0 fully saturated rings. The van der Waals surface area contributed by atoms with Crippen molar-refractivity contribution in [3.8, 4) is 0 Å². The van der Waals surface area contributed by atoms with E-state index in [9.17, 15) is 0 Å². The molecule has 0 amide bonds. The minimum absolute atomic E-state index is 0.753. The summed E-state index contributed by atoms with van der Waals surface area (Å²) in [4.78, 5) is 8.73. The van der Waals surface area contributed by atoms with Crippen LogP contribution in [0.3, 0.4) is 0 Å². The van der Waals surface area contributed by atoms with Crippen molar-refractivity contribution in [1.29, 1.82) is 0 Å². The van der Waals surface area contributed by atoms with Gasteiger partial charge in [0, 0.05) is 11.1 Å². The van der Waals surface area contributed by atoms with Gasteiger partial charge in [0.05, 0.1) is 17.9 Å². The average molecular weight is 298 g/mol. The maximum atomic E-state index is 4.40. The molecule has 0 aliphatic rings. The number of pyridine rings is 1. The highest BCUT2D eigenvalue weighted by molar-refractivity contribution is 9.10. The summed E-state index contributed by atoms with van der Waals surface area (Å²) in [6.07, 6.45) is 0. The van der Waals surface area contributed by atoms with E-state index in [1.807, 2.05) is 26.0 Å². The van der Waals surface area contributed by atoms with Gasteiger partial charge in [0.1, 0.15) is 9.61 Å². The first-order chi connectivity index (χ1) is 7.65. The standard InChI is InChI=1S/C11H12BrN3S/c1-7-6-16-11(14-7)5-13-9-3-4-10(12)15-8(9)2/h3-4,6,13H,5H2,1-2H3. The summed E-state index contributed by atoms with van der Waals surface area (Å²) in [7, 11) is 0. The molecule has 2 aromatic rings. The van der Waals surface area contributed by atoms with Gasteiger partial charge in [-0.05, 0) is 41.9 Å². The molecule has 16 heavy (non-hydrogen) atoms. The Kier molecular flexibility index (Phi) is 3.56. The number of aromatic nitrogens is 2. The molecular weight excluding hydrogens is 286 g/mol. The average Bonchev–Trinajstić information content (AvgIpc) is 2.63. The number of hydrogen-bond acceptors (Lipinski definition) is 4. The summed E-state index contributed by atoms with van der Waals surface area (Å²) in [5.41, 5.74) is 3.12. The Labute approximate surface area is 107 Å². The van der Waals surface area contributed by atoms with Gasteiger partial charge in [-0.3, -0.25) is 0 Å². The summed E-state index contributed by atoms with van der Waals surface area (Å²) >= 11 is 5.02. The molecule has 0 bridgehead atoms. The number of aryl methyl sites for hydroxylation is 2. The summed E-state index contributed by atoms with van der Waals surface area (Å²) in [5, 5.41) is 6.49. The monoisotopic (exact) mass is 297 g/mol. The van der Waals surface area contributed by atoms with Crippen molar-refractivity contribution in [3.05, 3.63) is 38.5 Å².